The molecule has 1 aromatic carbocycles. The Balaban J connectivity index is 1.68. The largest absolute Gasteiger partial charge is 0.352 e. The van der Waals surface area contributed by atoms with E-state index in [2.05, 4.69) is 30.8 Å². The van der Waals surface area contributed by atoms with E-state index in [1.165, 1.54) is 0 Å². The lowest BCUT2D eigenvalue weighted by Crippen LogP contribution is -2.49. The molecule has 0 saturated carbocycles. The topological polar surface area (TPSA) is 49.3 Å². The highest BCUT2D eigenvalue weighted by Crippen LogP contribution is 2.23. The Morgan fingerprint density at radius 1 is 1.18 bits per heavy atom. The molecule has 1 aliphatic heterocycles. The first-order valence-corrected chi connectivity index (χ1v) is 8.07. The highest BCUT2D eigenvalue weighted by atomic mass is 79.9. The van der Waals surface area contributed by atoms with E-state index in [0.29, 0.717) is 23.7 Å². The number of piperazine rings is 1. The van der Waals surface area contributed by atoms with E-state index in [-0.39, 0.29) is 5.91 Å². The fourth-order valence-electron chi connectivity index (χ4n) is 2.42. The normalized spacial score (nSPS) is 15.0. The van der Waals surface area contributed by atoms with Crippen LogP contribution in [0.2, 0.25) is 5.02 Å². The Bertz CT molecular complexity index is 674. The van der Waals surface area contributed by atoms with Crippen molar-refractivity contribution >= 4 is 39.3 Å². The number of carbonyl (C=O) groups is 1. The molecule has 1 amide bonds. The van der Waals surface area contributed by atoms with Gasteiger partial charge < -0.3 is 9.80 Å². The van der Waals surface area contributed by atoms with Gasteiger partial charge in [0.25, 0.3) is 5.91 Å². The molecule has 2 aromatic rings. The Kier molecular flexibility index (Phi) is 4.59. The van der Waals surface area contributed by atoms with Gasteiger partial charge in [0.2, 0.25) is 0 Å². The van der Waals surface area contributed by atoms with Crippen molar-refractivity contribution in [1.29, 1.82) is 0 Å². The molecule has 2 heterocycles. The van der Waals surface area contributed by atoms with Crippen LogP contribution in [0.15, 0.2) is 41.3 Å². The quantitative estimate of drug-likeness (QED) is 0.802. The number of anilines is 1. The fraction of sp³-hybridized carbons (Fsp3) is 0.267. The monoisotopic (exact) mass is 380 g/mol. The van der Waals surface area contributed by atoms with Crippen molar-refractivity contribution in [1.82, 2.24) is 14.9 Å². The van der Waals surface area contributed by atoms with E-state index in [1.54, 1.807) is 30.7 Å². The lowest BCUT2D eigenvalue weighted by atomic mass is 10.2. The number of benzene rings is 1. The van der Waals surface area contributed by atoms with Crippen LogP contribution >= 0.6 is 27.5 Å². The maximum absolute atomic E-state index is 12.6. The first-order chi connectivity index (χ1) is 10.6. The van der Waals surface area contributed by atoms with E-state index in [0.717, 1.165) is 23.4 Å². The number of rotatable bonds is 2. The summed E-state index contributed by atoms with van der Waals surface area (Å²) in [5.41, 5.74) is 0.531. The van der Waals surface area contributed by atoms with Crippen LogP contribution in [-0.2, 0) is 0 Å². The van der Waals surface area contributed by atoms with Crippen LogP contribution in [0.5, 0.6) is 0 Å². The molecule has 22 heavy (non-hydrogen) atoms. The second-order valence-electron chi connectivity index (χ2n) is 4.97. The van der Waals surface area contributed by atoms with Crippen molar-refractivity contribution in [3.05, 3.63) is 51.8 Å². The molecule has 1 aromatic heterocycles. The third-order valence-corrected chi connectivity index (χ3v) is 4.42. The summed E-state index contributed by atoms with van der Waals surface area (Å²) in [6.45, 7) is 2.74. The summed E-state index contributed by atoms with van der Waals surface area (Å²) >= 11 is 9.51. The minimum atomic E-state index is -0.0369. The molecule has 0 unspecified atom stereocenters. The van der Waals surface area contributed by atoms with Crippen LogP contribution < -0.4 is 4.90 Å². The summed E-state index contributed by atoms with van der Waals surface area (Å²) in [6.07, 6.45) is 5.06. The molecule has 3 rings (SSSR count). The minimum Gasteiger partial charge on any atom is -0.352 e. The third-order valence-electron chi connectivity index (χ3n) is 3.60. The van der Waals surface area contributed by atoms with Crippen LogP contribution in [0.4, 0.5) is 5.82 Å². The van der Waals surface area contributed by atoms with E-state index < -0.39 is 0 Å². The molecule has 0 aliphatic carbocycles. The van der Waals surface area contributed by atoms with E-state index in [9.17, 15) is 4.79 Å². The van der Waals surface area contributed by atoms with E-state index >= 15 is 0 Å². The van der Waals surface area contributed by atoms with Crippen molar-refractivity contribution in [2.75, 3.05) is 31.1 Å². The summed E-state index contributed by atoms with van der Waals surface area (Å²) in [4.78, 5) is 24.9. The summed E-state index contributed by atoms with van der Waals surface area (Å²) in [6, 6.07) is 5.32. The Hall–Kier alpha value is -1.66. The molecule has 1 fully saturated rings. The Morgan fingerprint density at radius 2 is 1.95 bits per heavy atom. The second kappa shape index (κ2) is 6.62. The summed E-state index contributed by atoms with van der Waals surface area (Å²) in [5, 5.41) is 0.476. The van der Waals surface area contributed by atoms with Gasteiger partial charge in [-0.25, -0.2) is 4.98 Å². The number of hydrogen-bond donors (Lipinski definition) is 0. The second-order valence-corrected chi connectivity index (χ2v) is 6.29. The maximum atomic E-state index is 12.6. The van der Waals surface area contributed by atoms with Crippen molar-refractivity contribution in [3.8, 4) is 0 Å². The van der Waals surface area contributed by atoms with Gasteiger partial charge in [-0.3, -0.25) is 9.78 Å². The number of carbonyl (C=O) groups excluding carboxylic acids is 1. The highest BCUT2D eigenvalue weighted by molar-refractivity contribution is 9.10. The van der Waals surface area contributed by atoms with Gasteiger partial charge in [-0.2, -0.15) is 0 Å². The SMILES string of the molecule is O=C(c1cc(Br)ccc1Cl)N1CCN(c2cnccn2)CC1. The first-order valence-electron chi connectivity index (χ1n) is 6.90. The van der Waals surface area contributed by atoms with Crippen LogP contribution in [-0.4, -0.2) is 47.0 Å². The first kappa shape index (κ1) is 15.2. The number of hydrogen-bond acceptors (Lipinski definition) is 4. The summed E-state index contributed by atoms with van der Waals surface area (Å²) in [7, 11) is 0. The predicted octanol–water partition coefficient (Wildman–Crippen LogP) is 2.85. The average Bonchev–Trinajstić information content (AvgIpc) is 2.57. The molecule has 0 N–H and O–H groups in total. The molecular formula is C15H14BrClN4O. The van der Waals surface area contributed by atoms with Gasteiger partial charge in [-0.15, -0.1) is 0 Å². The van der Waals surface area contributed by atoms with Gasteiger partial charge in [0.15, 0.2) is 0 Å². The Morgan fingerprint density at radius 3 is 2.64 bits per heavy atom. The van der Waals surface area contributed by atoms with Gasteiger partial charge in [0.05, 0.1) is 16.8 Å². The molecular weight excluding hydrogens is 368 g/mol. The lowest BCUT2D eigenvalue weighted by Gasteiger charge is -2.35. The molecule has 5 nitrogen and oxygen atoms in total. The van der Waals surface area contributed by atoms with Crippen LogP contribution in [0.1, 0.15) is 10.4 Å². The number of halogens is 2. The molecule has 0 spiro atoms. The van der Waals surface area contributed by atoms with Crippen LogP contribution in [0, 0.1) is 0 Å². The number of amides is 1. The van der Waals surface area contributed by atoms with E-state index in [1.807, 2.05) is 11.0 Å². The molecule has 1 saturated heterocycles. The molecule has 114 valence electrons. The van der Waals surface area contributed by atoms with Gasteiger partial charge in [0, 0.05) is 43.0 Å². The average molecular weight is 382 g/mol. The summed E-state index contributed by atoms with van der Waals surface area (Å²) < 4.78 is 0.846. The predicted molar refractivity (Wildman–Crippen MR) is 89.3 cm³/mol. The van der Waals surface area contributed by atoms with E-state index in [4.69, 9.17) is 11.6 Å². The van der Waals surface area contributed by atoms with Crippen molar-refractivity contribution in [2.45, 2.75) is 0 Å². The minimum absolute atomic E-state index is 0.0369. The van der Waals surface area contributed by atoms with Gasteiger partial charge >= 0.3 is 0 Å². The van der Waals surface area contributed by atoms with Crippen molar-refractivity contribution in [2.24, 2.45) is 0 Å². The molecule has 7 heteroatoms. The zero-order chi connectivity index (χ0) is 15.5. The molecule has 1 aliphatic rings. The van der Waals surface area contributed by atoms with Crippen LogP contribution in [0.25, 0.3) is 0 Å². The fourth-order valence-corrected chi connectivity index (χ4v) is 2.98. The van der Waals surface area contributed by atoms with Gasteiger partial charge in [-0.1, -0.05) is 27.5 Å². The van der Waals surface area contributed by atoms with Crippen molar-refractivity contribution < 1.29 is 4.79 Å². The Labute approximate surface area is 142 Å². The lowest BCUT2D eigenvalue weighted by molar-refractivity contribution is 0.0746. The molecule has 0 bridgehead atoms. The summed E-state index contributed by atoms with van der Waals surface area (Å²) in [5.74, 6) is 0.806. The van der Waals surface area contributed by atoms with Gasteiger partial charge in [0.1, 0.15) is 5.82 Å². The maximum Gasteiger partial charge on any atom is 0.255 e. The standard InChI is InChI=1S/C15H14BrClN4O/c16-11-1-2-13(17)12(9-11)15(22)21-7-5-20(6-8-21)14-10-18-3-4-19-14/h1-4,9-10H,5-8H2. The molecule has 0 atom stereocenters. The van der Waals surface area contributed by atoms with Crippen molar-refractivity contribution in [3.63, 3.8) is 0 Å². The zero-order valence-electron chi connectivity index (χ0n) is 11.7. The number of nitrogens with zero attached hydrogens (tertiary/aromatic N) is 4. The molecule has 0 radical (unpaired) electrons. The number of aromatic nitrogens is 2. The smallest absolute Gasteiger partial charge is 0.255 e. The van der Waals surface area contributed by atoms with Gasteiger partial charge in [-0.05, 0) is 18.2 Å². The van der Waals surface area contributed by atoms with Crippen LogP contribution in [0.3, 0.4) is 0 Å². The third kappa shape index (κ3) is 3.23. The highest BCUT2D eigenvalue weighted by Gasteiger charge is 2.24. The zero-order valence-corrected chi connectivity index (χ0v) is 14.1.